The number of benzene rings is 1. The lowest BCUT2D eigenvalue weighted by Gasteiger charge is -2.22. The number of aryl methyl sites for hydroxylation is 1. The van der Waals surface area contributed by atoms with Crippen molar-refractivity contribution in [2.75, 3.05) is 33.8 Å². The fourth-order valence-corrected chi connectivity index (χ4v) is 2.82. The second-order valence-electron chi connectivity index (χ2n) is 6.21. The zero-order valence-corrected chi connectivity index (χ0v) is 18.6. The third-order valence-corrected chi connectivity index (χ3v) is 4.26. The summed E-state index contributed by atoms with van der Waals surface area (Å²) >= 11 is 0. The summed E-state index contributed by atoms with van der Waals surface area (Å²) in [4.78, 5) is 6.41. The number of pyridine rings is 1. The average Bonchev–Trinajstić information content (AvgIpc) is 3.12. The molecule has 3 rings (SSSR count). The first-order valence-corrected chi connectivity index (χ1v) is 9.16. The Hall–Kier alpha value is -2.36. The first-order chi connectivity index (χ1) is 13.3. The minimum absolute atomic E-state index is 0. The van der Waals surface area contributed by atoms with Gasteiger partial charge in [-0.3, -0.25) is 9.39 Å². The van der Waals surface area contributed by atoms with E-state index in [-0.39, 0.29) is 24.0 Å². The predicted molar refractivity (Wildman–Crippen MR) is 123 cm³/mol. The molecular weight excluding hydrogens is 467 g/mol. The molecule has 0 amide bonds. The molecule has 1 N–H and O–H groups in total. The Kier molecular flexibility index (Phi) is 8.99. The second-order valence-corrected chi connectivity index (χ2v) is 6.21. The van der Waals surface area contributed by atoms with Crippen LogP contribution in [-0.2, 0) is 6.42 Å². The molecule has 0 aliphatic carbocycles. The van der Waals surface area contributed by atoms with Gasteiger partial charge in [-0.1, -0.05) is 24.3 Å². The monoisotopic (exact) mass is 494 g/mol. The molecule has 28 heavy (non-hydrogen) atoms. The van der Waals surface area contributed by atoms with E-state index in [2.05, 4.69) is 25.4 Å². The molecule has 0 saturated carbocycles. The molecule has 0 atom stereocenters. The number of hydrogen-bond acceptors (Lipinski definition) is 4. The van der Waals surface area contributed by atoms with Crippen LogP contribution >= 0.6 is 24.0 Å². The summed E-state index contributed by atoms with van der Waals surface area (Å²) in [6, 6.07) is 15.8. The molecule has 0 bridgehead atoms. The highest BCUT2D eigenvalue weighted by atomic mass is 127. The Labute approximate surface area is 182 Å². The van der Waals surface area contributed by atoms with Crippen molar-refractivity contribution in [1.82, 2.24) is 24.8 Å². The summed E-state index contributed by atoms with van der Waals surface area (Å²) in [7, 11) is 3.80. The lowest BCUT2D eigenvalue weighted by molar-refractivity contribution is 0.281. The number of ether oxygens (including phenoxy) is 1. The number of rotatable bonds is 8. The van der Waals surface area contributed by atoms with Crippen molar-refractivity contribution in [2.24, 2.45) is 4.99 Å². The normalized spacial score (nSPS) is 11.1. The molecule has 0 radical (unpaired) electrons. The van der Waals surface area contributed by atoms with Gasteiger partial charge in [0.25, 0.3) is 0 Å². The fraction of sp³-hybridized carbons (Fsp3) is 0.350. The molecular formula is C20H27IN6O. The molecule has 0 unspecified atom stereocenters. The standard InChI is InChI=1S/C20H26N6O.HI/c1-21-20(25(2)15-16-27-17-9-4-3-5-10-17)22-13-8-12-19-24-23-18-11-6-7-14-26(18)19;/h3-7,9-11,14H,8,12-13,15-16H2,1-2H3,(H,21,22);1H. The van der Waals surface area contributed by atoms with Crippen molar-refractivity contribution in [3.8, 4) is 5.75 Å². The van der Waals surface area contributed by atoms with Gasteiger partial charge in [0.15, 0.2) is 11.6 Å². The summed E-state index contributed by atoms with van der Waals surface area (Å²) in [6.07, 6.45) is 3.80. The largest absolute Gasteiger partial charge is 0.492 e. The van der Waals surface area contributed by atoms with Gasteiger partial charge in [0.05, 0.1) is 6.54 Å². The van der Waals surface area contributed by atoms with E-state index in [1.165, 1.54) is 0 Å². The Bertz CT molecular complexity index is 867. The molecule has 2 heterocycles. The number of fused-ring (bicyclic) bond motifs is 1. The number of aromatic nitrogens is 3. The third-order valence-electron chi connectivity index (χ3n) is 4.26. The maximum atomic E-state index is 5.74. The van der Waals surface area contributed by atoms with E-state index >= 15 is 0 Å². The zero-order chi connectivity index (χ0) is 18.9. The van der Waals surface area contributed by atoms with Crippen LogP contribution in [0.4, 0.5) is 0 Å². The van der Waals surface area contributed by atoms with E-state index < -0.39 is 0 Å². The predicted octanol–water partition coefficient (Wildman–Crippen LogP) is 2.87. The van der Waals surface area contributed by atoms with Gasteiger partial charge in [0.2, 0.25) is 0 Å². The fourth-order valence-electron chi connectivity index (χ4n) is 2.82. The van der Waals surface area contributed by atoms with Crippen LogP contribution in [0.2, 0.25) is 0 Å². The van der Waals surface area contributed by atoms with Crippen molar-refractivity contribution in [3.63, 3.8) is 0 Å². The molecule has 1 aromatic carbocycles. The zero-order valence-electron chi connectivity index (χ0n) is 16.3. The number of guanidine groups is 1. The minimum Gasteiger partial charge on any atom is -0.492 e. The first kappa shape index (κ1) is 21.9. The number of nitrogens with one attached hydrogen (secondary N) is 1. The van der Waals surface area contributed by atoms with E-state index in [4.69, 9.17) is 4.74 Å². The molecule has 3 aromatic rings. The van der Waals surface area contributed by atoms with E-state index in [1.807, 2.05) is 66.2 Å². The van der Waals surface area contributed by atoms with Gasteiger partial charge in [-0.05, 0) is 30.7 Å². The van der Waals surface area contributed by atoms with E-state index in [1.54, 1.807) is 7.05 Å². The molecule has 0 spiro atoms. The summed E-state index contributed by atoms with van der Waals surface area (Å²) in [5.41, 5.74) is 0.884. The Morgan fingerprint density at radius 2 is 1.93 bits per heavy atom. The van der Waals surface area contributed by atoms with Gasteiger partial charge in [-0.15, -0.1) is 34.2 Å². The van der Waals surface area contributed by atoms with Crippen molar-refractivity contribution in [3.05, 3.63) is 60.6 Å². The molecule has 0 saturated heterocycles. The highest BCUT2D eigenvalue weighted by molar-refractivity contribution is 14.0. The van der Waals surface area contributed by atoms with E-state index in [0.29, 0.717) is 6.61 Å². The maximum Gasteiger partial charge on any atom is 0.193 e. The van der Waals surface area contributed by atoms with Crippen LogP contribution < -0.4 is 10.1 Å². The average molecular weight is 494 g/mol. The topological polar surface area (TPSA) is 67.0 Å². The van der Waals surface area contributed by atoms with Crippen LogP contribution in [0.5, 0.6) is 5.75 Å². The Morgan fingerprint density at radius 1 is 1.14 bits per heavy atom. The van der Waals surface area contributed by atoms with Crippen LogP contribution in [0.15, 0.2) is 59.7 Å². The molecule has 0 aliphatic heterocycles. The van der Waals surface area contributed by atoms with Gasteiger partial charge in [-0.2, -0.15) is 0 Å². The van der Waals surface area contributed by atoms with Gasteiger partial charge in [-0.25, -0.2) is 0 Å². The lowest BCUT2D eigenvalue weighted by atomic mass is 10.3. The highest BCUT2D eigenvalue weighted by Crippen LogP contribution is 2.08. The molecule has 7 nitrogen and oxygen atoms in total. The van der Waals surface area contributed by atoms with Crippen molar-refractivity contribution in [1.29, 1.82) is 0 Å². The molecule has 2 aromatic heterocycles. The van der Waals surface area contributed by atoms with Gasteiger partial charge < -0.3 is 15.0 Å². The summed E-state index contributed by atoms with van der Waals surface area (Å²) < 4.78 is 7.77. The van der Waals surface area contributed by atoms with Crippen LogP contribution in [0.25, 0.3) is 5.65 Å². The van der Waals surface area contributed by atoms with Gasteiger partial charge in [0.1, 0.15) is 18.2 Å². The Balaban J connectivity index is 0.00000280. The van der Waals surface area contributed by atoms with Crippen LogP contribution in [-0.4, -0.2) is 59.2 Å². The second kappa shape index (κ2) is 11.5. The highest BCUT2D eigenvalue weighted by Gasteiger charge is 2.07. The van der Waals surface area contributed by atoms with Crippen molar-refractivity contribution < 1.29 is 4.74 Å². The summed E-state index contributed by atoms with van der Waals surface area (Å²) in [5, 5.41) is 11.8. The minimum atomic E-state index is 0. The number of halogens is 1. The Morgan fingerprint density at radius 3 is 2.71 bits per heavy atom. The smallest absolute Gasteiger partial charge is 0.193 e. The van der Waals surface area contributed by atoms with Crippen LogP contribution in [0, 0.1) is 0 Å². The first-order valence-electron chi connectivity index (χ1n) is 9.16. The lowest BCUT2D eigenvalue weighted by Crippen LogP contribution is -2.41. The van der Waals surface area contributed by atoms with Crippen molar-refractivity contribution in [2.45, 2.75) is 12.8 Å². The SMILES string of the molecule is CN=C(NCCCc1nnc2ccccn12)N(C)CCOc1ccccc1.I. The third kappa shape index (κ3) is 6.08. The summed E-state index contributed by atoms with van der Waals surface area (Å²) in [5.74, 6) is 2.72. The number of hydrogen-bond donors (Lipinski definition) is 1. The number of nitrogens with zero attached hydrogens (tertiary/aromatic N) is 5. The molecule has 0 aliphatic rings. The summed E-state index contributed by atoms with van der Waals surface area (Å²) in [6.45, 7) is 2.18. The quantitative estimate of drug-likeness (QED) is 0.226. The van der Waals surface area contributed by atoms with Crippen LogP contribution in [0.1, 0.15) is 12.2 Å². The molecule has 8 heteroatoms. The molecule has 150 valence electrons. The van der Waals surface area contributed by atoms with Crippen LogP contribution in [0.3, 0.4) is 0 Å². The van der Waals surface area contributed by atoms with Gasteiger partial charge in [0, 0.05) is 33.3 Å². The maximum absolute atomic E-state index is 5.74. The number of aliphatic imine (C=N–C) groups is 1. The number of para-hydroxylation sites is 1. The van der Waals surface area contributed by atoms with E-state index in [0.717, 1.165) is 49.1 Å². The van der Waals surface area contributed by atoms with E-state index in [9.17, 15) is 0 Å². The number of likely N-dealkylation sites (N-methyl/N-ethyl adjacent to an activating group) is 1. The van der Waals surface area contributed by atoms with Gasteiger partial charge >= 0.3 is 0 Å². The van der Waals surface area contributed by atoms with Crippen molar-refractivity contribution >= 4 is 35.6 Å². The molecule has 0 fully saturated rings.